The molecule has 69 heavy (non-hydrogen) atoms. The van der Waals surface area contributed by atoms with Gasteiger partial charge < -0.3 is 14.0 Å². The average molecular weight is 1080 g/mol. The predicted molar refractivity (Wildman–Crippen MR) is 283 cm³/mol. The quantitative estimate of drug-likeness (QED) is 0.155. The molecule has 0 atom stereocenters. The minimum absolute atomic E-state index is 0. The fraction of sp³-hybridized carbons (Fsp3) is 0.226. The van der Waals surface area contributed by atoms with Gasteiger partial charge in [-0.25, -0.2) is 9.97 Å². The second kappa shape index (κ2) is 18.6. The zero-order valence-electron chi connectivity index (χ0n) is 41.1. The van der Waals surface area contributed by atoms with Crippen LogP contribution in [0.2, 0.25) is 0 Å². The van der Waals surface area contributed by atoms with Gasteiger partial charge in [0, 0.05) is 59.8 Å². The average Bonchev–Trinajstić information content (AvgIpc) is 3.93. The van der Waals surface area contributed by atoms with Crippen molar-refractivity contribution in [3.63, 3.8) is 0 Å². The first kappa shape index (κ1) is 47.3. The normalized spacial score (nSPS) is 12.1. The third kappa shape index (κ3) is 8.91. The molecular formula is C62H57IrN5O-2. The number of hydrogen-bond acceptors (Lipinski definition) is 5. The van der Waals surface area contributed by atoms with E-state index in [1.807, 2.05) is 54.9 Å². The van der Waals surface area contributed by atoms with Crippen molar-refractivity contribution >= 4 is 54.6 Å². The molecule has 0 fully saturated rings. The van der Waals surface area contributed by atoms with Crippen LogP contribution in [-0.2, 0) is 30.9 Å². The maximum Gasteiger partial charge on any atom is 0.134 e. The van der Waals surface area contributed by atoms with Crippen molar-refractivity contribution in [1.29, 1.82) is 0 Å². The molecular weight excluding hydrogens is 1020 g/mol. The van der Waals surface area contributed by atoms with Crippen molar-refractivity contribution in [3.8, 4) is 39.5 Å². The van der Waals surface area contributed by atoms with Crippen molar-refractivity contribution in [1.82, 2.24) is 24.5 Å². The monoisotopic (exact) mass is 1080 g/mol. The Labute approximate surface area is 419 Å². The second-order valence-corrected chi connectivity index (χ2v) is 20.6. The zero-order valence-corrected chi connectivity index (χ0v) is 43.5. The van der Waals surface area contributed by atoms with Crippen LogP contribution in [0, 0.1) is 12.1 Å². The van der Waals surface area contributed by atoms with E-state index in [0.29, 0.717) is 0 Å². The van der Waals surface area contributed by atoms with Gasteiger partial charge in [-0.1, -0.05) is 147 Å². The van der Waals surface area contributed by atoms with E-state index in [0.717, 1.165) is 77.7 Å². The molecule has 0 aliphatic rings. The summed E-state index contributed by atoms with van der Waals surface area (Å²) in [5.74, 6) is 2.11. The number of benzene rings is 7. The number of furan rings is 1. The van der Waals surface area contributed by atoms with Gasteiger partial charge in [0.05, 0.1) is 28.0 Å². The molecule has 0 amide bonds. The summed E-state index contributed by atoms with van der Waals surface area (Å²) in [7, 11) is 0. The van der Waals surface area contributed by atoms with Gasteiger partial charge in [0.1, 0.15) is 11.4 Å². The van der Waals surface area contributed by atoms with E-state index in [2.05, 4.69) is 188 Å². The molecule has 7 aromatic carbocycles. The summed E-state index contributed by atoms with van der Waals surface area (Å²) in [5, 5.41) is 5.31. The fourth-order valence-electron chi connectivity index (χ4n) is 9.31. The molecule has 0 aliphatic heterocycles. The third-order valence-electron chi connectivity index (χ3n) is 12.9. The number of aromatic nitrogens is 5. The number of pyridine rings is 1. The summed E-state index contributed by atoms with van der Waals surface area (Å²) in [6, 6.07) is 55.5. The molecule has 4 aromatic heterocycles. The Morgan fingerprint density at radius 3 is 2.00 bits per heavy atom. The van der Waals surface area contributed by atoms with Crippen LogP contribution in [-0.4, -0.2) is 24.5 Å². The van der Waals surface area contributed by atoms with Gasteiger partial charge in [-0.15, -0.1) is 54.1 Å². The van der Waals surface area contributed by atoms with E-state index in [1.165, 1.54) is 38.9 Å². The first-order chi connectivity index (χ1) is 32.7. The summed E-state index contributed by atoms with van der Waals surface area (Å²) in [6.45, 7) is 22.2. The molecule has 0 spiro atoms. The van der Waals surface area contributed by atoms with E-state index in [4.69, 9.17) is 19.4 Å². The number of rotatable bonds is 6. The summed E-state index contributed by atoms with van der Waals surface area (Å²) in [6.07, 6.45) is 3.83. The Kier molecular flexibility index (Phi) is 12.7. The van der Waals surface area contributed by atoms with Gasteiger partial charge in [-0.05, 0) is 92.5 Å². The summed E-state index contributed by atoms with van der Waals surface area (Å²) >= 11 is 0. The number of nitrogens with zero attached hydrogens (tertiary/aromatic N) is 5. The van der Waals surface area contributed by atoms with E-state index in [9.17, 15) is 0 Å². The van der Waals surface area contributed by atoms with Crippen LogP contribution >= 0.6 is 0 Å². The molecule has 1 radical (unpaired) electrons. The maximum atomic E-state index is 6.81. The van der Waals surface area contributed by atoms with Crippen molar-refractivity contribution in [3.05, 3.63) is 187 Å². The number of imidazole rings is 1. The van der Waals surface area contributed by atoms with Crippen molar-refractivity contribution in [2.75, 3.05) is 0 Å². The molecule has 4 heterocycles. The Bertz CT molecular complexity index is 3620. The number of hydrogen-bond donors (Lipinski definition) is 0. The Balaban J connectivity index is 0.000000296. The minimum Gasteiger partial charge on any atom is -0.501 e. The Hall–Kier alpha value is -6.79. The van der Waals surface area contributed by atoms with Gasteiger partial charge in [-0.3, -0.25) is 4.98 Å². The van der Waals surface area contributed by atoms with Crippen LogP contribution in [0.5, 0.6) is 0 Å². The van der Waals surface area contributed by atoms with Crippen LogP contribution in [0.3, 0.4) is 0 Å². The van der Waals surface area contributed by atoms with Crippen LogP contribution in [0.25, 0.3) is 94.1 Å². The molecule has 347 valence electrons. The van der Waals surface area contributed by atoms with Crippen LogP contribution in [0.4, 0.5) is 0 Å². The zero-order chi connectivity index (χ0) is 47.5. The van der Waals surface area contributed by atoms with E-state index >= 15 is 0 Å². The van der Waals surface area contributed by atoms with Gasteiger partial charge in [0.25, 0.3) is 0 Å². The molecule has 0 saturated carbocycles. The van der Waals surface area contributed by atoms with E-state index < -0.39 is 0 Å². The summed E-state index contributed by atoms with van der Waals surface area (Å²) in [5.41, 5.74) is 14.8. The van der Waals surface area contributed by atoms with Crippen molar-refractivity contribution in [2.45, 2.75) is 91.9 Å². The molecule has 0 bridgehead atoms. The summed E-state index contributed by atoms with van der Waals surface area (Å²) in [4.78, 5) is 19.6. The summed E-state index contributed by atoms with van der Waals surface area (Å²) < 4.78 is 9.22. The smallest absolute Gasteiger partial charge is 0.134 e. The Morgan fingerprint density at radius 1 is 0.594 bits per heavy atom. The Morgan fingerprint density at radius 2 is 1.30 bits per heavy atom. The van der Waals surface area contributed by atoms with Crippen molar-refractivity contribution in [2.24, 2.45) is 0 Å². The van der Waals surface area contributed by atoms with Crippen LogP contribution in [0.1, 0.15) is 104 Å². The molecule has 0 aliphatic carbocycles. The molecule has 11 aromatic rings. The predicted octanol–water partition coefficient (Wildman–Crippen LogP) is 16.5. The van der Waals surface area contributed by atoms with Crippen LogP contribution in [0.15, 0.2) is 156 Å². The molecule has 11 rings (SSSR count). The fourth-order valence-corrected chi connectivity index (χ4v) is 9.31. The van der Waals surface area contributed by atoms with Crippen LogP contribution < -0.4 is 0 Å². The van der Waals surface area contributed by atoms with E-state index in [-0.39, 0.29) is 42.8 Å². The van der Waals surface area contributed by atoms with Gasteiger partial charge in [-0.2, -0.15) is 0 Å². The molecule has 7 heteroatoms. The molecule has 6 nitrogen and oxygen atoms in total. The first-order valence-corrected chi connectivity index (χ1v) is 23.8. The second-order valence-electron chi connectivity index (χ2n) is 20.6. The van der Waals surface area contributed by atoms with Gasteiger partial charge in [0.15, 0.2) is 0 Å². The van der Waals surface area contributed by atoms with Gasteiger partial charge >= 0.3 is 0 Å². The SMILES string of the molecule is CC(C)(C)c1ccnc(-c2[c-]cccc2)c1.CC(C)c1cc(-c2ccccc2)cc(C(C)C)c1-n1c(-c2[c-]ccc3c2oc2ccc4nc(C(C)(C)C)ncc4c23)nc2ccc3ccccc3c21.[Ir]. The topological polar surface area (TPSA) is 69.6 Å². The van der Waals surface area contributed by atoms with E-state index in [1.54, 1.807) is 0 Å². The number of fused-ring (bicyclic) bond motifs is 8. The molecule has 0 unspecified atom stereocenters. The van der Waals surface area contributed by atoms with Crippen molar-refractivity contribution < 1.29 is 24.5 Å². The third-order valence-corrected chi connectivity index (χ3v) is 12.9. The largest absolute Gasteiger partial charge is 0.501 e. The first-order valence-electron chi connectivity index (χ1n) is 23.8. The molecule has 0 saturated heterocycles. The minimum atomic E-state index is -0.157. The molecule has 0 N–H and O–H groups in total. The maximum absolute atomic E-state index is 6.81. The van der Waals surface area contributed by atoms with Gasteiger partial charge in [0.2, 0.25) is 0 Å². The standard InChI is InChI=1S/C47H41N4O.C15H16N.Ir/c1-27(2)35-24-31(29-14-9-8-10-15-29)25-36(28(3)4)42(35)51-43-32-17-12-11-16-30(32)20-21-39(43)49-45(51)34-19-13-18-33-41-37-26-48-46(47(5,6)7)50-38(37)22-23-40(41)52-44(33)34;1-15(2,3)13-9-10-16-14(11-13)12-7-5-4-6-8-12;/h8-18,20-28H,1-7H3;4-7,9-11H,1-3H3;/q2*-1;.